The van der Waals surface area contributed by atoms with Gasteiger partial charge in [-0.25, -0.2) is 0 Å². The van der Waals surface area contributed by atoms with Crippen LogP contribution in [-0.4, -0.2) is 23.0 Å². The van der Waals surface area contributed by atoms with E-state index in [9.17, 15) is 0 Å². The molecule has 0 fully saturated rings. The number of oxime groups is 1. The highest BCUT2D eigenvalue weighted by atomic mass is 79.9. The van der Waals surface area contributed by atoms with Crippen LogP contribution in [0.3, 0.4) is 0 Å². The largest absolute Gasteiger partial charge is 0.497 e. The summed E-state index contributed by atoms with van der Waals surface area (Å²) in [4.78, 5) is 4.24. The van der Waals surface area contributed by atoms with Crippen molar-refractivity contribution in [1.82, 2.24) is 4.98 Å². The van der Waals surface area contributed by atoms with Crippen molar-refractivity contribution in [3.8, 4) is 5.75 Å². The third-order valence-corrected chi connectivity index (χ3v) is 3.16. The predicted octanol–water partition coefficient (Wildman–Crippen LogP) is 3.27. The van der Waals surface area contributed by atoms with Crippen LogP contribution in [0.15, 0.2) is 52.2 Å². The Hall–Kier alpha value is -1.88. The van der Waals surface area contributed by atoms with Crippen LogP contribution in [0.25, 0.3) is 0 Å². The Morgan fingerprint density at radius 2 is 2.05 bits per heavy atom. The minimum atomic E-state index is 0.461. The van der Waals surface area contributed by atoms with Gasteiger partial charge in [0.25, 0.3) is 0 Å². The molecule has 0 radical (unpaired) electrons. The predicted molar refractivity (Wildman–Crippen MR) is 77.0 cm³/mol. The van der Waals surface area contributed by atoms with Crippen molar-refractivity contribution < 1.29 is 9.94 Å². The first-order valence-electron chi connectivity index (χ1n) is 5.68. The Morgan fingerprint density at radius 3 is 2.63 bits per heavy atom. The van der Waals surface area contributed by atoms with E-state index in [2.05, 4.69) is 26.1 Å². The molecule has 0 spiro atoms. The van der Waals surface area contributed by atoms with E-state index in [1.165, 1.54) is 0 Å². The monoisotopic (exact) mass is 320 g/mol. The summed E-state index contributed by atoms with van der Waals surface area (Å²) in [6.45, 7) is 0. The molecule has 0 aliphatic rings. The van der Waals surface area contributed by atoms with Gasteiger partial charge in [-0.2, -0.15) is 0 Å². The number of rotatable bonds is 4. The molecule has 1 aromatic heterocycles. The number of methoxy groups -OCH3 is 1. The molecule has 0 aliphatic heterocycles. The smallest absolute Gasteiger partial charge is 0.118 e. The normalized spacial score (nSPS) is 11.4. The lowest BCUT2D eigenvalue weighted by molar-refractivity contribution is 0.318. The highest BCUT2D eigenvalue weighted by Gasteiger charge is 2.07. The maximum atomic E-state index is 9.15. The molecule has 0 aliphatic carbocycles. The molecule has 1 heterocycles. The first-order chi connectivity index (χ1) is 9.22. The number of ether oxygens (including phenoxy) is 1. The molecule has 2 rings (SSSR count). The molecule has 0 bridgehead atoms. The fourth-order valence-electron chi connectivity index (χ4n) is 1.70. The molecule has 19 heavy (non-hydrogen) atoms. The fraction of sp³-hybridized carbons (Fsp3) is 0.143. The van der Waals surface area contributed by atoms with Crippen molar-refractivity contribution >= 4 is 21.6 Å². The van der Waals surface area contributed by atoms with Crippen LogP contribution in [0.1, 0.15) is 11.3 Å². The van der Waals surface area contributed by atoms with Gasteiger partial charge in [0, 0.05) is 22.8 Å². The number of hydrogen-bond donors (Lipinski definition) is 1. The standard InChI is InChI=1S/C14H13BrN2O2/c1-19-13-4-2-10(3-5-13)14(17-18)9-12-8-11(15)6-7-16-12/h2-8,18H,9H2,1H3/b17-14+. The summed E-state index contributed by atoms with van der Waals surface area (Å²) in [7, 11) is 1.61. The summed E-state index contributed by atoms with van der Waals surface area (Å²) in [6.07, 6.45) is 2.17. The Kier molecular flexibility index (Phi) is 4.52. The molecule has 1 N–H and O–H groups in total. The molecule has 0 amide bonds. The average molecular weight is 321 g/mol. The first-order valence-corrected chi connectivity index (χ1v) is 6.48. The van der Waals surface area contributed by atoms with Crippen LogP contribution in [0.5, 0.6) is 5.75 Å². The number of benzene rings is 1. The number of halogens is 1. The molecular weight excluding hydrogens is 308 g/mol. The van der Waals surface area contributed by atoms with Gasteiger partial charge in [-0.05, 0) is 42.0 Å². The van der Waals surface area contributed by atoms with Crippen molar-refractivity contribution in [2.75, 3.05) is 7.11 Å². The minimum Gasteiger partial charge on any atom is -0.497 e. The molecule has 0 atom stereocenters. The third kappa shape index (κ3) is 3.54. The van der Waals surface area contributed by atoms with E-state index >= 15 is 0 Å². The van der Waals surface area contributed by atoms with Gasteiger partial charge in [-0.15, -0.1) is 0 Å². The van der Waals surface area contributed by atoms with Gasteiger partial charge in [-0.3, -0.25) is 4.98 Å². The van der Waals surface area contributed by atoms with Gasteiger partial charge in [0.15, 0.2) is 0 Å². The lowest BCUT2D eigenvalue weighted by Crippen LogP contribution is -2.06. The zero-order chi connectivity index (χ0) is 13.7. The zero-order valence-corrected chi connectivity index (χ0v) is 12.0. The second kappa shape index (κ2) is 6.33. The van der Waals surface area contributed by atoms with Gasteiger partial charge < -0.3 is 9.94 Å². The van der Waals surface area contributed by atoms with Crippen LogP contribution in [0.2, 0.25) is 0 Å². The molecule has 1 aromatic carbocycles. The molecule has 0 unspecified atom stereocenters. The van der Waals surface area contributed by atoms with E-state index in [0.717, 1.165) is 21.5 Å². The van der Waals surface area contributed by atoms with Gasteiger partial charge in [0.2, 0.25) is 0 Å². The number of pyridine rings is 1. The Labute approximate surface area is 119 Å². The van der Waals surface area contributed by atoms with Crippen LogP contribution in [0.4, 0.5) is 0 Å². The molecular formula is C14H13BrN2O2. The molecule has 5 heteroatoms. The Balaban J connectivity index is 2.20. The summed E-state index contributed by atoms with van der Waals surface area (Å²) in [5, 5.41) is 12.5. The van der Waals surface area contributed by atoms with Gasteiger partial charge >= 0.3 is 0 Å². The third-order valence-electron chi connectivity index (χ3n) is 2.67. The number of nitrogens with zero attached hydrogens (tertiary/aromatic N) is 2. The minimum absolute atomic E-state index is 0.461. The van der Waals surface area contributed by atoms with Crippen LogP contribution < -0.4 is 4.74 Å². The van der Waals surface area contributed by atoms with E-state index in [0.29, 0.717) is 12.1 Å². The van der Waals surface area contributed by atoms with E-state index in [1.807, 2.05) is 36.4 Å². The van der Waals surface area contributed by atoms with Crippen molar-refractivity contribution in [1.29, 1.82) is 0 Å². The van der Waals surface area contributed by atoms with Crippen molar-refractivity contribution in [3.05, 3.63) is 58.3 Å². The molecule has 0 saturated heterocycles. The van der Waals surface area contributed by atoms with Crippen molar-refractivity contribution in [3.63, 3.8) is 0 Å². The molecule has 0 saturated carbocycles. The highest BCUT2D eigenvalue weighted by molar-refractivity contribution is 9.10. The number of aromatic nitrogens is 1. The van der Waals surface area contributed by atoms with E-state index in [1.54, 1.807) is 13.3 Å². The van der Waals surface area contributed by atoms with Gasteiger partial charge in [-0.1, -0.05) is 21.1 Å². The topological polar surface area (TPSA) is 54.7 Å². The summed E-state index contributed by atoms with van der Waals surface area (Å²) in [5.41, 5.74) is 2.23. The van der Waals surface area contributed by atoms with Crippen LogP contribution in [0, 0.1) is 0 Å². The molecule has 98 valence electrons. The lowest BCUT2D eigenvalue weighted by Gasteiger charge is -2.06. The lowest BCUT2D eigenvalue weighted by atomic mass is 10.1. The van der Waals surface area contributed by atoms with E-state index in [4.69, 9.17) is 9.94 Å². The summed E-state index contributed by atoms with van der Waals surface area (Å²) < 4.78 is 6.04. The van der Waals surface area contributed by atoms with Gasteiger partial charge in [0.1, 0.15) is 5.75 Å². The quantitative estimate of drug-likeness (QED) is 0.534. The van der Waals surface area contributed by atoms with E-state index in [-0.39, 0.29) is 0 Å². The Morgan fingerprint density at radius 1 is 1.32 bits per heavy atom. The number of hydrogen-bond acceptors (Lipinski definition) is 4. The SMILES string of the molecule is COc1ccc(/C(Cc2cc(Br)ccn2)=N/O)cc1. The highest BCUT2D eigenvalue weighted by Crippen LogP contribution is 2.15. The zero-order valence-electron chi connectivity index (χ0n) is 10.4. The second-order valence-corrected chi connectivity index (χ2v) is 4.83. The van der Waals surface area contributed by atoms with Gasteiger partial charge in [0.05, 0.1) is 12.8 Å². The maximum Gasteiger partial charge on any atom is 0.118 e. The summed E-state index contributed by atoms with van der Waals surface area (Å²) >= 11 is 3.39. The maximum absolute atomic E-state index is 9.15. The van der Waals surface area contributed by atoms with Crippen LogP contribution in [-0.2, 0) is 6.42 Å². The molecule has 4 nitrogen and oxygen atoms in total. The van der Waals surface area contributed by atoms with Crippen molar-refractivity contribution in [2.24, 2.45) is 5.16 Å². The van der Waals surface area contributed by atoms with Crippen LogP contribution >= 0.6 is 15.9 Å². The molecule has 2 aromatic rings. The second-order valence-electron chi connectivity index (χ2n) is 3.92. The summed E-state index contributed by atoms with van der Waals surface area (Å²) in [5.74, 6) is 0.765. The summed E-state index contributed by atoms with van der Waals surface area (Å²) in [6, 6.07) is 11.1. The van der Waals surface area contributed by atoms with Crippen molar-refractivity contribution in [2.45, 2.75) is 6.42 Å². The van der Waals surface area contributed by atoms with E-state index < -0.39 is 0 Å². The first kappa shape index (κ1) is 13.5. The average Bonchev–Trinajstić information content (AvgIpc) is 2.45. The Bertz CT molecular complexity index is 582. The fourth-order valence-corrected chi connectivity index (χ4v) is 2.08.